The van der Waals surface area contributed by atoms with E-state index in [1.165, 1.54) is 7.11 Å². The lowest BCUT2D eigenvalue weighted by atomic mass is 10.1. The lowest BCUT2D eigenvalue weighted by Gasteiger charge is -2.16. The molecule has 146 valence electrons. The highest BCUT2D eigenvalue weighted by molar-refractivity contribution is 9.10. The largest absolute Gasteiger partial charge is 0.495 e. The summed E-state index contributed by atoms with van der Waals surface area (Å²) in [6.07, 6.45) is 0.0586. The Balaban J connectivity index is 1.53. The molecule has 0 spiro atoms. The summed E-state index contributed by atoms with van der Waals surface area (Å²) in [5.74, 6) is -1.29. The van der Waals surface area contributed by atoms with Gasteiger partial charge in [0, 0.05) is 23.1 Å². The first-order chi connectivity index (χ1) is 13.5. The molecule has 0 aromatic heterocycles. The van der Waals surface area contributed by atoms with E-state index in [1.54, 1.807) is 41.3 Å². The van der Waals surface area contributed by atoms with E-state index in [4.69, 9.17) is 9.47 Å². The molecular formula is C20H19BrN2O5. The number of esters is 1. The Kier molecular flexibility index (Phi) is 6.30. The Hall–Kier alpha value is -2.87. The summed E-state index contributed by atoms with van der Waals surface area (Å²) < 4.78 is 11.2. The zero-order valence-corrected chi connectivity index (χ0v) is 16.8. The zero-order valence-electron chi connectivity index (χ0n) is 15.2. The van der Waals surface area contributed by atoms with Crippen LogP contribution in [0.15, 0.2) is 53.0 Å². The summed E-state index contributed by atoms with van der Waals surface area (Å²) in [6.45, 7) is -0.201. The number of carbonyl (C=O) groups is 3. The minimum absolute atomic E-state index is 0.0586. The van der Waals surface area contributed by atoms with Gasteiger partial charge in [0.15, 0.2) is 6.61 Å². The summed E-state index contributed by atoms with van der Waals surface area (Å²) in [6, 6.07) is 14.2. The monoisotopic (exact) mass is 446 g/mol. The van der Waals surface area contributed by atoms with Gasteiger partial charge in [-0.2, -0.15) is 0 Å². The average Bonchev–Trinajstić information content (AvgIpc) is 3.09. The number of rotatable bonds is 6. The summed E-state index contributed by atoms with van der Waals surface area (Å²) >= 11 is 3.35. The van der Waals surface area contributed by atoms with Crippen molar-refractivity contribution in [2.45, 2.75) is 6.42 Å². The van der Waals surface area contributed by atoms with E-state index in [0.717, 1.165) is 10.2 Å². The van der Waals surface area contributed by atoms with Crippen molar-refractivity contribution >= 4 is 45.1 Å². The summed E-state index contributed by atoms with van der Waals surface area (Å²) in [7, 11) is 1.50. The molecule has 0 saturated carbocycles. The number of para-hydroxylation sites is 2. The smallest absolute Gasteiger partial charge is 0.311 e. The molecule has 1 N–H and O–H groups in total. The van der Waals surface area contributed by atoms with Crippen molar-refractivity contribution in [3.05, 3.63) is 53.0 Å². The third-order valence-corrected chi connectivity index (χ3v) is 4.85. The Morgan fingerprint density at radius 3 is 2.61 bits per heavy atom. The first-order valence-corrected chi connectivity index (χ1v) is 9.42. The maximum absolute atomic E-state index is 12.3. The molecule has 0 radical (unpaired) electrons. The van der Waals surface area contributed by atoms with Crippen molar-refractivity contribution in [3.8, 4) is 5.75 Å². The number of halogens is 1. The van der Waals surface area contributed by atoms with Crippen LogP contribution in [0.1, 0.15) is 6.42 Å². The predicted molar refractivity (Wildman–Crippen MR) is 107 cm³/mol. The van der Waals surface area contributed by atoms with E-state index in [2.05, 4.69) is 21.2 Å². The van der Waals surface area contributed by atoms with Crippen molar-refractivity contribution in [1.29, 1.82) is 0 Å². The number of hydrogen-bond acceptors (Lipinski definition) is 5. The molecule has 1 aliphatic rings. The van der Waals surface area contributed by atoms with Crippen LogP contribution in [-0.4, -0.2) is 38.0 Å². The minimum Gasteiger partial charge on any atom is -0.495 e. The molecule has 7 nitrogen and oxygen atoms in total. The number of amides is 2. The van der Waals surface area contributed by atoms with Crippen LogP contribution in [0.4, 0.5) is 11.4 Å². The molecule has 1 unspecified atom stereocenters. The fourth-order valence-electron chi connectivity index (χ4n) is 2.92. The maximum atomic E-state index is 12.3. The molecule has 28 heavy (non-hydrogen) atoms. The molecule has 8 heteroatoms. The van der Waals surface area contributed by atoms with Crippen molar-refractivity contribution in [3.63, 3.8) is 0 Å². The molecule has 0 aliphatic carbocycles. The fourth-order valence-corrected chi connectivity index (χ4v) is 3.19. The van der Waals surface area contributed by atoms with E-state index in [1.807, 2.05) is 12.1 Å². The number of ether oxygens (including phenoxy) is 2. The Morgan fingerprint density at radius 1 is 1.18 bits per heavy atom. The lowest BCUT2D eigenvalue weighted by molar-refractivity contribution is -0.151. The Labute approximate surface area is 170 Å². The Bertz CT molecular complexity index is 884. The third-order valence-electron chi connectivity index (χ3n) is 4.32. The van der Waals surface area contributed by atoms with Crippen molar-refractivity contribution < 1.29 is 23.9 Å². The number of methoxy groups -OCH3 is 1. The average molecular weight is 447 g/mol. The first kappa shape index (κ1) is 19.9. The molecule has 1 atom stereocenters. The van der Waals surface area contributed by atoms with Gasteiger partial charge in [-0.1, -0.05) is 28.1 Å². The number of benzene rings is 2. The van der Waals surface area contributed by atoms with Crippen LogP contribution in [0.5, 0.6) is 5.75 Å². The third kappa shape index (κ3) is 4.69. The molecule has 2 amide bonds. The second-order valence-electron chi connectivity index (χ2n) is 6.24. The van der Waals surface area contributed by atoms with Crippen LogP contribution in [0.2, 0.25) is 0 Å². The normalized spacial score (nSPS) is 16.0. The van der Waals surface area contributed by atoms with Gasteiger partial charge >= 0.3 is 5.97 Å². The molecule has 1 fully saturated rings. The molecule has 1 saturated heterocycles. The Morgan fingerprint density at radius 2 is 1.89 bits per heavy atom. The van der Waals surface area contributed by atoms with Gasteiger partial charge < -0.3 is 19.7 Å². The highest BCUT2D eigenvalue weighted by Gasteiger charge is 2.36. The summed E-state index contributed by atoms with van der Waals surface area (Å²) in [5.41, 5.74) is 1.21. The van der Waals surface area contributed by atoms with Gasteiger partial charge in [0.1, 0.15) is 5.75 Å². The lowest BCUT2D eigenvalue weighted by Crippen LogP contribution is -2.28. The molecule has 0 bridgehead atoms. The second kappa shape index (κ2) is 8.88. The van der Waals surface area contributed by atoms with Crippen molar-refractivity contribution in [2.75, 3.05) is 30.5 Å². The van der Waals surface area contributed by atoms with Gasteiger partial charge in [-0.15, -0.1) is 0 Å². The number of nitrogens with zero attached hydrogens (tertiary/aromatic N) is 1. The van der Waals surface area contributed by atoms with Gasteiger partial charge in [0.25, 0.3) is 5.91 Å². The van der Waals surface area contributed by atoms with Crippen molar-refractivity contribution in [2.24, 2.45) is 5.92 Å². The SMILES string of the molecule is COc1ccccc1NC(=O)COC(=O)C1CC(=O)N(c2ccc(Br)cc2)C1. The minimum atomic E-state index is -0.602. The molecule has 1 aliphatic heterocycles. The van der Waals surface area contributed by atoms with Crippen LogP contribution in [-0.2, 0) is 19.1 Å². The summed E-state index contributed by atoms with van der Waals surface area (Å²) in [4.78, 5) is 38.1. The second-order valence-corrected chi connectivity index (χ2v) is 7.15. The summed E-state index contributed by atoms with van der Waals surface area (Å²) in [5, 5.41) is 2.63. The van der Waals surface area contributed by atoms with Crippen LogP contribution in [0, 0.1) is 5.92 Å². The van der Waals surface area contributed by atoms with E-state index < -0.39 is 24.4 Å². The molecule has 3 rings (SSSR count). The molecular weight excluding hydrogens is 428 g/mol. The van der Waals surface area contributed by atoms with Gasteiger partial charge in [0.05, 0.1) is 18.7 Å². The number of carbonyl (C=O) groups excluding carboxylic acids is 3. The standard InChI is InChI=1S/C20H19BrN2O5/c1-27-17-5-3-2-4-16(17)22-18(24)12-28-20(26)13-10-19(25)23(11-13)15-8-6-14(21)7-9-15/h2-9,13H,10-12H2,1H3,(H,22,24). The topological polar surface area (TPSA) is 84.9 Å². The fraction of sp³-hybridized carbons (Fsp3) is 0.250. The number of nitrogens with one attached hydrogen (secondary N) is 1. The van der Waals surface area contributed by atoms with Crippen LogP contribution < -0.4 is 15.0 Å². The molecule has 2 aromatic carbocycles. The number of anilines is 2. The highest BCUT2D eigenvalue weighted by Crippen LogP contribution is 2.27. The molecule has 2 aromatic rings. The number of hydrogen-bond donors (Lipinski definition) is 1. The van der Waals surface area contributed by atoms with Gasteiger partial charge in [-0.25, -0.2) is 0 Å². The van der Waals surface area contributed by atoms with Crippen LogP contribution in [0.3, 0.4) is 0 Å². The first-order valence-electron chi connectivity index (χ1n) is 8.63. The van der Waals surface area contributed by atoms with Gasteiger partial charge in [0.2, 0.25) is 5.91 Å². The van der Waals surface area contributed by atoms with E-state index >= 15 is 0 Å². The van der Waals surface area contributed by atoms with Crippen molar-refractivity contribution in [1.82, 2.24) is 0 Å². The molecule has 1 heterocycles. The van der Waals surface area contributed by atoms with E-state index in [0.29, 0.717) is 11.4 Å². The van der Waals surface area contributed by atoms with E-state index in [9.17, 15) is 14.4 Å². The zero-order chi connectivity index (χ0) is 20.1. The maximum Gasteiger partial charge on any atom is 0.311 e. The van der Waals surface area contributed by atoms with E-state index in [-0.39, 0.29) is 18.9 Å². The predicted octanol–water partition coefficient (Wildman–Crippen LogP) is 2.99. The quantitative estimate of drug-likeness (QED) is 0.689. The van der Waals surface area contributed by atoms with Crippen LogP contribution >= 0.6 is 15.9 Å². The van der Waals surface area contributed by atoms with Gasteiger partial charge in [-0.3, -0.25) is 14.4 Å². The van der Waals surface area contributed by atoms with Gasteiger partial charge in [-0.05, 0) is 36.4 Å². The highest BCUT2D eigenvalue weighted by atomic mass is 79.9. The van der Waals surface area contributed by atoms with Crippen LogP contribution in [0.25, 0.3) is 0 Å².